The number of morpholine rings is 1. The molecule has 4 heterocycles. The van der Waals surface area contributed by atoms with Crippen molar-refractivity contribution < 1.29 is 34.0 Å². The van der Waals surface area contributed by atoms with Crippen LogP contribution in [0.3, 0.4) is 0 Å². The van der Waals surface area contributed by atoms with Crippen LogP contribution in [0.15, 0.2) is 42.0 Å². The number of carbonyl (C=O) groups is 2. The summed E-state index contributed by atoms with van der Waals surface area (Å²) in [6.45, 7) is 8.57. The highest BCUT2D eigenvalue weighted by molar-refractivity contribution is 5.96. The van der Waals surface area contributed by atoms with Crippen molar-refractivity contribution in [1.82, 2.24) is 20.2 Å². The summed E-state index contributed by atoms with van der Waals surface area (Å²) in [5, 5.41) is 25.4. The summed E-state index contributed by atoms with van der Waals surface area (Å²) in [6.07, 6.45) is 11.6. The maximum absolute atomic E-state index is 13.4. The molecule has 5 unspecified atom stereocenters. The third-order valence-corrected chi connectivity index (χ3v) is 10.8. The highest BCUT2D eigenvalue weighted by atomic mass is 16.6. The normalized spacial score (nSPS) is 38.5. The number of nitrogens with two attached hydrogens (primary N) is 1. The highest BCUT2D eigenvalue weighted by Gasteiger charge is 2.70. The Bertz CT molecular complexity index is 1370. The van der Waals surface area contributed by atoms with Crippen LogP contribution < -0.4 is 11.1 Å². The third kappa shape index (κ3) is 5.36. The first-order valence-electron chi connectivity index (χ1n) is 15.5. The van der Waals surface area contributed by atoms with Crippen molar-refractivity contribution in [3.8, 4) is 0 Å². The molecule has 4 fully saturated rings. The van der Waals surface area contributed by atoms with Crippen LogP contribution in [-0.4, -0.2) is 100 Å². The average molecular weight is 610 g/mol. The summed E-state index contributed by atoms with van der Waals surface area (Å²) >= 11 is 0. The number of anilines is 1. The third-order valence-electron chi connectivity index (χ3n) is 10.8. The number of aromatic nitrogens is 2. The van der Waals surface area contributed by atoms with Crippen LogP contribution in [-0.2, 0) is 23.8 Å². The number of aliphatic hydroxyl groups excluding tert-OH is 2. The number of carbonyl (C=O) groups excluding carboxylic acids is 2. The molecule has 238 valence electrons. The fourth-order valence-electron chi connectivity index (χ4n) is 8.14. The first-order chi connectivity index (χ1) is 21.0. The van der Waals surface area contributed by atoms with Crippen LogP contribution in [0, 0.1) is 22.7 Å². The predicted molar refractivity (Wildman–Crippen MR) is 160 cm³/mol. The number of epoxide rings is 1. The van der Waals surface area contributed by atoms with Gasteiger partial charge in [-0.3, -0.25) is 4.79 Å². The molecule has 1 aromatic heterocycles. The highest BCUT2D eigenvalue weighted by Crippen LogP contribution is 2.65. The zero-order valence-electron chi connectivity index (χ0n) is 25.6. The number of ether oxygens (including phenoxy) is 3. The first kappa shape index (κ1) is 30.8. The standard InChI is InChI=1S/C32H43N5O7/c1-19(27(40)37-8-10-42-11-9-37)36-25-14-24-30(2,7-6-26(39)31(24,3)17-38)23(32(25)18-43-32)5-4-21-13-22(44-28(21)41)12-20-15-34-29(33)35-16-20/h4-5,12-13,15-16,19,23-26,36,38-39H,6-11,14,17-18H2,1-3H3,(H2,33,34,35)/b5-4+,22-12+/t19?,23?,24?,25?,26-,30-,31+,32?/m1/s1. The second kappa shape index (κ2) is 11.6. The molecular formula is C32H43N5O7. The second-order valence-corrected chi connectivity index (χ2v) is 13.4. The fourth-order valence-corrected chi connectivity index (χ4v) is 8.14. The molecule has 2 aliphatic carbocycles. The Morgan fingerprint density at radius 3 is 2.64 bits per heavy atom. The molecule has 3 aliphatic heterocycles. The minimum atomic E-state index is -0.740. The topological polar surface area (TPSA) is 173 Å². The number of rotatable bonds is 7. The molecule has 0 radical (unpaired) electrons. The molecule has 2 saturated carbocycles. The summed E-state index contributed by atoms with van der Waals surface area (Å²) in [6, 6.07) is -0.670. The van der Waals surface area contributed by atoms with Crippen LogP contribution in [0.5, 0.6) is 0 Å². The van der Waals surface area contributed by atoms with Gasteiger partial charge in [0.15, 0.2) is 0 Å². The number of esters is 1. The smallest absolute Gasteiger partial charge is 0.343 e. The van der Waals surface area contributed by atoms with Crippen molar-refractivity contribution in [3.05, 3.63) is 47.5 Å². The number of aliphatic hydroxyl groups is 2. The van der Waals surface area contributed by atoms with Crippen LogP contribution in [0.25, 0.3) is 6.08 Å². The van der Waals surface area contributed by atoms with Crippen molar-refractivity contribution in [3.63, 3.8) is 0 Å². The molecule has 6 rings (SSSR count). The molecule has 1 spiro atoms. The maximum atomic E-state index is 13.4. The van der Waals surface area contributed by atoms with E-state index in [1.165, 1.54) is 0 Å². The summed E-state index contributed by atoms with van der Waals surface area (Å²) in [7, 11) is 0. The fraction of sp³-hybridized carbons (Fsp3) is 0.625. The molecule has 8 atom stereocenters. The largest absolute Gasteiger partial charge is 0.423 e. The quantitative estimate of drug-likeness (QED) is 0.259. The zero-order valence-corrected chi connectivity index (χ0v) is 25.6. The van der Waals surface area contributed by atoms with Gasteiger partial charge in [0.2, 0.25) is 11.9 Å². The minimum Gasteiger partial charge on any atom is -0.423 e. The lowest BCUT2D eigenvalue weighted by Crippen LogP contribution is -2.67. The number of amides is 1. The van der Waals surface area contributed by atoms with Gasteiger partial charge in [-0.2, -0.15) is 0 Å². The molecule has 1 amide bonds. The van der Waals surface area contributed by atoms with E-state index in [4.69, 9.17) is 19.9 Å². The van der Waals surface area contributed by atoms with Gasteiger partial charge in [0.25, 0.3) is 0 Å². The molecule has 1 aromatic rings. The van der Waals surface area contributed by atoms with Gasteiger partial charge in [0, 0.05) is 48.4 Å². The van der Waals surface area contributed by atoms with Crippen molar-refractivity contribution in [1.29, 1.82) is 0 Å². The Kier molecular flexibility index (Phi) is 8.16. The Labute approximate surface area is 257 Å². The van der Waals surface area contributed by atoms with E-state index < -0.39 is 29.1 Å². The molecule has 12 nitrogen and oxygen atoms in total. The Morgan fingerprint density at radius 2 is 1.98 bits per heavy atom. The van der Waals surface area contributed by atoms with Crippen LogP contribution >= 0.6 is 0 Å². The Balaban J connectivity index is 1.31. The number of nitrogens with one attached hydrogen (secondary N) is 1. The zero-order chi connectivity index (χ0) is 31.3. The lowest BCUT2D eigenvalue weighted by Gasteiger charge is -2.62. The lowest BCUT2D eigenvalue weighted by molar-refractivity contribution is -0.174. The number of cyclic esters (lactones) is 1. The number of hydrogen-bond donors (Lipinski definition) is 4. The molecule has 2 saturated heterocycles. The van der Waals surface area contributed by atoms with Crippen molar-refractivity contribution >= 4 is 23.9 Å². The van der Waals surface area contributed by atoms with E-state index in [0.717, 1.165) is 6.42 Å². The van der Waals surface area contributed by atoms with E-state index in [1.807, 2.05) is 24.8 Å². The van der Waals surface area contributed by atoms with Gasteiger partial charge >= 0.3 is 5.97 Å². The van der Waals surface area contributed by atoms with Gasteiger partial charge in [-0.1, -0.05) is 26.0 Å². The lowest BCUT2D eigenvalue weighted by atomic mass is 9.44. The molecule has 44 heavy (non-hydrogen) atoms. The molecular weight excluding hydrogens is 566 g/mol. The minimum absolute atomic E-state index is 0.0165. The van der Waals surface area contributed by atoms with Crippen LogP contribution in [0.1, 0.15) is 45.6 Å². The second-order valence-electron chi connectivity index (χ2n) is 13.4. The predicted octanol–water partition coefficient (Wildman–Crippen LogP) is 1.21. The van der Waals surface area contributed by atoms with E-state index in [1.54, 1.807) is 30.6 Å². The average Bonchev–Trinajstić information content (AvgIpc) is 3.73. The van der Waals surface area contributed by atoms with E-state index in [9.17, 15) is 19.8 Å². The first-order valence-corrected chi connectivity index (χ1v) is 15.5. The van der Waals surface area contributed by atoms with Gasteiger partial charge in [0.1, 0.15) is 11.4 Å². The molecule has 12 heteroatoms. The molecule has 0 aromatic carbocycles. The van der Waals surface area contributed by atoms with Gasteiger partial charge in [0.05, 0.1) is 44.1 Å². The van der Waals surface area contributed by atoms with Crippen molar-refractivity contribution in [2.45, 2.75) is 63.8 Å². The van der Waals surface area contributed by atoms with Crippen LogP contribution in [0.2, 0.25) is 0 Å². The number of nitrogen functional groups attached to an aromatic ring is 1. The number of hydrogen-bond acceptors (Lipinski definition) is 11. The van der Waals surface area contributed by atoms with E-state index in [0.29, 0.717) is 62.6 Å². The number of allylic oxidation sites excluding steroid dienone is 1. The monoisotopic (exact) mass is 609 g/mol. The summed E-state index contributed by atoms with van der Waals surface area (Å²) in [4.78, 5) is 36.0. The van der Waals surface area contributed by atoms with Crippen molar-refractivity contribution in [2.24, 2.45) is 22.7 Å². The molecule has 5 aliphatic rings. The number of fused-ring (bicyclic) bond motifs is 1. The number of nitrogens with zero attached hydrogens (tertiary/aromatic N) is 3. The molecule has 5 N–H and O–H groups in total. The van der Waals surface area contributed by atoms with Gasteiger partial charge in [-0.25, -0.2) is 14.8 Å². The summed E-state index contributed by atoms with van der Waals surface area (Å²) in [5.74, 6) is -0.166. The Hall–Kier alpha value is -3.16. The van der Waals surface area contributed by atoms with E-state index in [2.05, 4.69) is 22.2 Å². The summed E-state index contributed by atoms with van der Waals surface area (Å²) in [5.41, 5.74) is 4.94. The van der Waals surface area contributed by atoms with Crippen molar-refractivity contribution in [2.75, 3.05) is 45.3 Å². The van der Waals surface area contributed by atoms with E-state index >= 15 is 0 Å². The van der Waals surface area contributed by atoms with Gasteiger partial charge < -0.3 is 40.4 Å². The van der Waals surface area contributed by atoms with Crippen LogP contribution in [0.4, 0.5) is 5.95 Å². The summed E-state index contributed by atoms with van der Waals surface area (Å²) < 4.78 is 17.3. The molecule has 0 bridgehead atoms. The Morgan fingerprint density at radius 1 is 1.27 bits per heavy atom. The van der Waals surface area contributed by atoms with Gasteiger partial charge in [-0.15, -0.1) is 0 Å². The van der Waals surface area contributed by atoms with E-state index in [-0.39, 0.29) is 41.8 Å². The van der Waals surface area contributed by atoms with Gasteiger partial charge in [-0.05, 0) is 49.7 Å². The SMILES string of the molecule is CC(NC1CC2[C@](C)(CC[C@@H](O)[C@@]2(C)CO)C(/C=C/C2=CC(=C\c3cnc(N)nc3)/OC2=O)C12CO2)C(=O)N1CCOCC1. The maximum Gasteiger partial charge on any atom is 0.343 e.